The molecule has 3 N–H and O–H groups in total. The third-order valence-electron chi connectivity index (χ3n) is 7.78. The molecule has 196 valence electrons. The van der Waals surface area contributed by atoms with Crippen LogP contribution in [0.1, 0.15) is 44.9 Å². The van der Waals surface area contributed by atoms with Crippen molar-refractivity contribution in [3.8, 4) is 11.5 Å². The second kappa shape index (κ2) is 11.9. The smallest absolute Gasteiger partial charge is 0.246 e. The van der Waals surface area contributed by atoms with E-state index in [0.29, 0.717) is 49.0 Å². The summed E-state index contributed by atoms with van der Waals surface area (Å²) in [6.45, 7) is 3.76. The first-order chi connectivity index (χ1) is 16.9. The number of sulfonamides is 1. The fourth-order valence-electron chi connectivity index (χ4n) is 5.66. The van der Waals surface area contributed by atoms with Gasteiger partial charge < -0.3 is 25.4 Å². The van der Waals surface area contributed by atoms with Gasteiger partial charge in [0.2, 0.25) is 15.9 Å². The van der Waals surface area contributed by atoms with Crippen LogP contribution in [0.3, 0.4) is 0 Å². The van der Waals surface area contributed by atoms with Gasteiger partial charge in [-0.1, -0.05) is 12.8 Å². The second-order valence-corrected chi connectivity index (χ2v) is 11.9. The zero-order chi connectivity index (χ0) is 24.8. The van der Waals surface area contributed by atoms with E-state index in [9.17, 15) is 13.2 Å². The van der Waals surface area contributed by atoms with Gasteiger partial charge in [-0.2, -0.15) is 4.31 Å². The molecule has 0 spiro atoms. The Labute approximate surface area is 209 Å². The Hall–Kier alpha value is -1.88. The summed E-state index contributed by atoms with van der Waals surface area (Å²) in [6, 6.07) is 5.27. The Morgan fingerprint density at radius 2 is 1.94 bits per heavy atom. The topological polar surface area (TPSA) is 109 Å². The van der Waals surface area contributed by atoms with Crippen LogP contribution < -0.4 is 25.4 Å². The summed E-state index contributed by atoms with van der Waals surface area (Å²) in [5, 5.41) is 10.0. The van der Waals surface area contributed by atoms with Gasteiger partial charge in [0.15, 0.2) is 0 Å². The average molecular weight is 509 g/mol. The molecule has 1 aromatic rings. The monoisotopic (exact) mass is 508 g/mol. The van der Waals surface area contributed by atoms with Gasteiger partial charge in [-0.15, -0.1) is 0 Å². The molecular weight excluding hydrogens is 468 g/mol. The van der Waals surface area contributed by atoms with Crippen molar-refractivity contribution in [1.82, 2.24) is 20.3 Å². The number of fused-ring (bicyclic) bond motifs is 1. The number of nitrogens with one attached hydrogen (secondary N) is 3. The number of carbonyl (C=O) groups is 1. The van der Waals surface area contributed by atoms with Gasteiger partial charge in [0, 0.05) is 31.7 Å². The first-order valence-electron chi connectivity index (χ1n) is 12.9. The molecule has 3 fully saturated rings. The Morgan fingerprint density at radius 3 is 2.66 bits per heavy atom. The van der Waals surface area contributed by atoms with E-state index in [4.69, 9.17) is 9.47 Å². The summed E-state index contributed by atoms with van der Waals surface area (Å²) in [7, 11) is -0.651. The lowest BCUT2D eigenvalue weighted by Gasteiger charge is -2.31. The van der Waals surface area contributed by atoms with Crippen molar-refractivity contribution in [1.29, 1.82) is 0 Å². The summed E-state index contributed by atoms with van der Waals surface area (Å²) >= 11 is 0. The zero-order valence-corrected chi connectivity index (χ0v) is 21.7. The van der Waals surface area contributed by atoms with E-state index in [1.807, 2.05) is 0 Å². The van der Waals surface area contributed by atoms with Gasteiger partial charge in [-0.05, 0) is 69.2 Å². The normalized spacial score (nSPS) is 25.7. The van der Waals surface area contributed by atoms with Gasteiger partial charge in [-0.3, -0.25) is 4.79 Å². The molecule has 1 aromatic carbocycles. The first-order valence-corrected chi connectivity index (χ1v) is 14.3. The molecule has 0 aliphatic carbocycles. The fourth-order valence-corrected chi connectivity index (χ4v) is 7.30. The molecule has 9 nitrogen and oxygen atoms in total. The summed E-state index contributed by atoms with van der Waals surface area (Å²) in [4.78, 5) is 12.7. The number of nitrogens with zero attached hydrogens (tertiary/aromatic N) is 1. The first kappa shape index (κ1) is 26.2. The maximum absolute atomic E-state index is 13.2. The SMILES string of the molecule is COc1ccc(OC)c(S(=O)(=O)N2CCC(CCCCNC(=O)C3CC4CNCCC4N3)CC2)c1. The Kier molecular flexibility index (Phi) is 8.91. The van der Waals surface area contributed by atoms with Crippen LogP contribution in [0, 0.1) is 11.8 Å². The van der Waals surface area contributed by atoms with E-state index < -0.39 is 10.0 Å². The molecule has 3 atom stereocenters. The van der Waals surface area contributed by atoms with E-state index in [1.54, 1.807) is 16.4 Å². The van der Waals surface area contributed by atoms with Crippen LogP contribution in [0.4, 0.5) is 0 Å². The summed E-state index contributed by atoms with van der Waals surface area (Å²) in [5.41, 5.74) is 0. The number of amides is 1. The number of unbranched alkanes of at least 4 members (excludes halogenated alkanes) is 1. The van der Waals surface area contributed by atoms with E-state index in [2.05, 4.69) is 16.0 Å². The number of methoxy groups -OCH3 is 2. The van der Waals surface area contributed by atoms with E-state index in [1.165, 1.54) is 20.3 Å². The maximum atomic E-state index is 13.2. The molecule has 0 saturated carbocycles. The molecule has 1 amide bonds. The number of hydrogen-bond acceptors (Lipinski definition) is 7. The van der Waals surface area contributed by atoms with Crippen LogP contribution in [0.15, 0.2) is 23.1 Å². The van der Waals surface area contributed by atoms with E-state index >= 15 is 0 Å². The van der Waals surface area contributed by atoms with Crippen LogP contribution in [-0.2, 0) is 14.8 Å². The Bertz CT molecular complexity index is 951. The Balaban J connectivity index is 1.16. The van der Waals surface area contributed by atoms with E-state index in [0.717, 1.165) is 58.0 Å². The van der Waals surface area contributed by atoms with Crippen molar-refractivity contribution >= 4 is 15.9 Å². The van der Waals surface area contributed by atoms with Crippen molar-refractivity contribution in [2.75, 3.05) is 46.9 Å². The van der Waals surface area contributed by atoms with Gasteiger partial charge in [0.25, 0.3) is 0 Å². The van der Waals surface area contributed by atoms with Crippen molar-refractivity contribution in [2.24, 2.45) is 11.8 Å². The minimum absolute atomic E-state index is 0.0561. The largest absolute Gasteiger partial charge is 0.497 e. The number of benzene rings is 1. The van der Waals surface area contributed by atoms with Crippen LogP contribution in [0.5, 0.6) is 11.5 Å². The molecule has 3 unspecified atom stereocenters. The van der Waals surface area contributed by atoms with E-state index in [-0.39, 0.29) is 16.8 Å². The van der Waals surface area contributed by atoms with Crippen molar-refractivity contribution in [3.05, 3.63) is 18.2 Å². The van der Waals surface area contributed by atoms with Crippen molar-refractivity contribution in [2.45, 2.75) is 61.9 Å². The zero-order valence-electron chi connectivity index (χ0n) is 20.9. The highest BCUT2D eigenvalue weighted by Gasteiger charge is 2.38. The van der Waals surface area contributed by atoms with Crippen molar-refractivity contribution < 1.29 is 22.7 Å². The minimum Gasteiger partial charge on any atom is -0.497 e. The quantitative estimate of drug-likeness (QED) is 0.413. The molecule has 3 aliphatic heterocycles. The molecule has 35 heavy (non-hydrogen) atoms. The van der Waals surface area contributed by atoms with Gasteiger partial charge in [0.05, 0.1) is 20.3 Å². The molecule has 3 heterocycles. The standard InChI is InChI=1S/C25H40N4O5S/c1-33-20-6-7-23(34-2)24(16-20)35(31,32)29-13-9-18(10-14-29)5-3-4-11-27-25(30)22-15-19-17-26-12-8-21(19)28-22/h6-7,16,18-19,21-22,26,28H,3-5,8-15,17H2,1-2H3,(H,27,30). The molecule has 10 heteroatoms. The fraction of sp³-hybridized carbons (Fsp3) is 0.720. The number of piperidine rings is 2. The molecule has 4 rings (SSSR count). The number of hydrogen-bond donors (Lipinski definition) is 3. The summed E-state index contributed by atoms with van der Waals surface area (Å²) in [5.74, 6) is 2.03. The third kappa shape index (κ3) is 6.28. The molecular formula is C25H40N4O5S. The number of rotatable bonds is 10. The van der Waals surface area contributed by atoms with Crippen LogP contribution in [0.25, 0.3) is 0 Å². The predicted molar refractivity (Wildman–Crippen MR) is 134 cm³/mol. The summed E-state index contributed by atoms with van der Waals surface area (Å²) in [6.07, 6.45) is 6.76. The number of ether oxygens (including phenoxy) is 2. The highest BCUT2D eigenvalue weighted by molar-refractivity contribution is 7.89. The predicted octanol–water partition coefficient (Wildman–Crippen LogP) is 1.73. The van der Waals surface area contributed by atoms with Crippen LogP contribution >= 0.6 is 0 Å². The highest BCUT2D eigenvalue weighted by Crippen LogP contribution is 2.33. The molecule has 3 aliphatic rings. The molecule has 0 aromatic heterocycles. The lowest BCUT2D eigenvalue weighted by Crippen LogP contribution is -2.45. The summed E-state index contributed by atoms with van der Waals surface area (Å²) < 4.78 is 38.5. The molecule has 0 bridgehead atoms. The van der Waals surface area contributed by atoms with Gasteiger partial charge >= 0.3 is 0 Å². The third-order valence-corrected chi connectivity index (χ3v) is 9.70. The lowest BCUT2D eigenvalue weighted by atomic mass is 9.92. The highest BCUT2D eigenvalue weighted by atomic mass is 32.2. The Morgan fingerprint density at radius 1 is 1.14 bits per heavy atom. The molecule has 0 radical (unpaired) electrons. The average Bonchev–Trinajstić information content (AvgIpc) is 3.33. The molecule has 3 saturated heterocycles. The van der Waals surface area contributed by atoms with Crippen LogP contribution in [0.2, 0.25) is 0 Å². The van der Waals surface area contributed by atoms with Gasteiger partial charge in [-0.25, -0.2) is 8.42 Å². The lowest BCUT2D eigenvalue weighted by molar-refractivity contribution is -0.122. The van der Waals surface area contributed by atoms with Gasteiger partial charge in [0.1, 0.15) is 16.4 Å². The van der Waals surface area contributed by atoms with Crippen LogP contribution in [-0.4, -0.2) is 77.7 Å². The number of carbonyl (C=O) groups excluding carboxylic acids is 1. The second-order valence-electron chi connectivity index (χ2n) is 9.97. The van der Waals surface area contributed by atoms with Crippen molar-refractivity contribution in [3.63, 3.8) is 0 Å². The minimum atomic E-state index is -3.64. The maximum Gasteiger partial charge on any atom is 0.246 e.